The van der Waals surface area contributed by atoms with Gasteiger partial charge in [0.2, 0.25) is 5.91 Å². The van der Waals surface area contributed by atoms with Gasteiger partial charge < -0.3 is 10.2 Å². The van der Waals surface area contributed by atoms with Crippen molar-refractivity contribution in [2.24, 2.45) is 0 Å². The Morgan fingerprint density at radius 3 is 2.67 bits per heavy atom. The number of H-pyrrole nitrogens is 1. The van der Waals surface area contributed by atoms with Crippen LogP contribution in [-0.2, 0) is 11.3 Å². The van der Waals surface area contributed by atoms with E-state index >= 15 is 0 Å². The van der Waals surface area contributed by atoms with E-state index in [0.29, 0.717) is 23.0 Å². The Bertz CT molecular complexity index is 612. The van der Waals surface area contributed by atoms with Crippen LogP contribution in [0.3, 0.4) is 0 Å². The quantitative estimate of drug-likeness (QED) is 0.856. The largest absolute Gasteiger partial charge is 0.343 e. The summed E-state index contributed by atoms with van der Waals surface area (Å²) in [4.78, 5) is 29.1. The molecule has 0 fully saturated rings. The highest BCUT2D eigenvalue weighted by molar-refractivity contribution is 6.30. The van der Waals surface area contributed by atoms with Crippen molar-refractivity contribution in [2.75, 3.05) is 13.6 Å². The maximum Gasteiger partial charge on any atom is 0.251 e. The van der Waals surface area contributed by atoms with E-state index < -0.39 is 0 Å². The van der Waals surface area contributed by atoms with Crippen molar-refractivity contribution in [3.63, 3.8) is 0 Å². The van der Waals surface area contributed by atoms with Gasteiger partial charge in [-0.05, 0) is 24.3 Å². The van der Waals surface area contributed by atoms with E-state index in [4.69, 9.17) is 11.6 Å². The molecule has 21 heavy (non-hydrogen) atoms. The third-order valence-corrected chi connectivity index (χ3v) is 3.04. The average molecular weight is 308 g/mol. The van der Waals surface area contributed by atoms with E-state index in [-0.39, 0.29) is 18.4 Å². The lowest BCUT2D eigenvalue weighted by Crippen LogP contribution is -2.38. The van der Waals surface area contributed by atoms with Gasteiger partial charge in [-0.1, -0.05) is 11.6 Å². The maximum atomic E-state index is 11.9. The number of benzene rings is 1. The fraction of sp³-hybridized carbons (Fsp3) is 0.231. The molecule has 8 heteroatoms. The molecule has 110 valence electrons. The highest BCUT2D eigenvalue weighted by Gasteiger charge is 2.13. The van der Waals surface area contributed by atoms with E-state index in [1.165, 1.54) is 11.2 Å². The van der Waals surface area contributed by atoms with Crippen LogP contribution in [0, 0.1) is 0 Å². The normalized spacial score (nSPS) is 10.2. The van der Waals surface area contributed by atoms with Crippen molar-refractivity contribution in [1.29, 1.82) is 0 Å². The zero-order valence-electron chi connectivity index (χ0n) is 11.3. The Morgan fingerprint density at radius 2 is 2.05 bits per heavy atom. The number of hydrogen-bond donors (Lipinski definition) is 2. The molecule has 0 spiro atoms. The number of hydrogen-bond acceptors (Lipinski definition) is 4. The van der Waals surface area contributed by atoms with E-state index in [1.54, 1.807) is 31.3 Å². The first-order valence-corrected chi connectivity index (χ1v) is 6.56. The molecule has 1 aromatic carbocycles. The summed E-state index contributed by atoms with van der Waals surface area (Å²) in [5.41, 5.74) is 0.449. The Hall–Kier alpha value is -2.41. The summed E-state index contributed by atoms with van der Waals surface area (Å²) in [7, 11) is 1.62. The van der Waals surface area contributed by atoms with Crippen LogP contribution in [0.4, 0.5) is 0 Å². The zero-order valence-corrected chi connectivity index (χ0v) is 12.1. The van der Waals surface area contributed by atoms with Gasteiger partial charge in [0.05, 0.1) is 13.1 Å². The predicted octanol–water partition coefficient (Wildman–Crippen LogP) is 0.846. The van der Waals surface area contributed by atoms with Gasteiger partial charge in [0.25, 0.3) is 5.91 Å². The summed E-state index contributed by atoms with van der Waals surface area (Å²) in [6.07, 6.45) is 1.37. The molecule has 2 aromatic rings. The first-order valence-electron chi connectivity index (χ1n) is 6.18. The molecule has 0 radical (unpaired) electrons. The Kier molecular flexibility index (Phi) is 4.89. The Labute approximate surface area is 126 Å². The molecular formula is C13H14ClN5O2. The molecular weight excluding hydrogens is 294 g/mol. The van der Waals surface area contributed by atoms with Crippen LogP contribution < -0.4 is 5.32 Å². The molecule has 0 aliphatic rings. The predicted molar refractivity (Wildman–Crippen MR) is 76.6 cm³/mol. The van der Waals surface area contributed by atoms with Gasteiger partial charge in [-0.3, -0.25) is 14.7 Å². The van der Waals surface area contributed by atoms with E-state index in [0.717, 1.165) is 0 Å². The van der Waals surface area contributed by atoms with Crippen LogP contribution in [0.1, 0.15) is 16.2 Å². The molecule has 1 aromatic heterocycles. The first kappa shape index (κ1) is 15.0. The number of amides is 2. The number of nitrogens with zero attached hydrogens (tertiary/aromatic N) is 3. The van der Waals surface area contributed by atoms with Crippen LogP contribution >= 0.6 is 11.6 Å². The second-order valence-corrected chi connectivity index (χ2v) is 4.81. The fourth-order valence-electron chi connectivity index (χ4n) is 1.61. The van der Waals surface area contributed by atoms with Gasteiger partial charge >= 0.3 is 0 Å². The molecule has 0 aliphatic heterocycles. The summed E-state index contributed by atoms with van der Waals surface area (Å²) in [5, 5.41) is 9.47. The maximum absolute atomic E-state index is 11.9. The van der Waals surface area contributed by atoms with Gasteiger partial charge in [0.1, 0.15) is 12.2 Å². The molecule has 2 N–H and O–H groups in total. The molecule has 0 bridgehead atoms. The summed E-state index contributed by atoms with van der Waals surface area (Å²) < 4.78 is 0. The van der Waals surface area contributed by atoms with Gasteiger partial charge in [0.15, 0.2) is 0 Å². The lowest BCUT2D eigenvalue weighted by atomic mass is 10.2. The molecule has 0 atom stereocenters. The van der Waals surface area contributed by atoms with Crippen molar-refractivity contribution < 1.29 is 9.59 Å². The van der Waals surface area contributed by atoms with Crippen molar-refractivity contribution in [3.05, 3.63) is 47.0 Å². The van der Waals surface area contributed by atoms with Crippen molar-refractivity contribution in [1.82, 2.24) is 25.4 Å². The van der Waals surface area contributed by atoms with Gasteiger partial charge in [-0.2, -0.15) is 5.10 Å². The number of halogens is 1. The highest BCUT2D eigenvalue weighted by Crippen LogP contribution is 2.09. The molecule has 0 aliphatic carbocycles. The molecule has 2 amide bonds. The second-order valence-electron chi connectivity index (χ2n) is 4.37. The van der Waals surface area contributed by atoms with Gasteiger partial charge in [0, 0.05) is 17.6 Å². The fourth-order valence-corrected chi connectivity index (χ4v) is 1.74. The van der Waals surface area contributed by atoms with Crippen molar-refractivity contribution in [3.8, 4) is 0 Å². The minimum absolute atomic E-state index is 0.0912. The van der Waals surface area contributed by atoms with Crippen molar-refractivity contribution >= 4 is 23.4 Å². The summed E-state index contributed by atoms with van der Waals surface area (Å²) in [6.45, 7) is 0.210. The van der Waals surface area contributed by atoms with Crippen LogP contribution in [0.2, 0.25) is 5.02 Å². The number of rotatable bonds is 5. The standard InChI is InChI=1S/C13H14ClN5O2/c1-19(7-11-16-8-17-18-11)12(20)6-15-13(21)9-2-4-10(14)5-3-9/h2-5,8H,6-7H2,1H3,(H,15,21)(H,16,17,18). The van der Waals surface area contributed by atoms with Crippen LogP contribution in [-0.4, -0.2) is 45.5 Å². The molecule has 0 saturated carbocycles. The lowest BCUT2D eigenvalue weighted by Gasteiger charge is -2.15. The second kappa shape index (κ2) is 6.85. The number of likely N-dealkylation sites (N-methyl/N-ethyl adjacent to an activating group) is 1. The van der Waals surface area contributed by atoms with E-state index in [1.807, 2.05) is 0 Å². The SMILES string of the molecule is CN(Cc1ncn[nH]1)C(=O)CNC(=O)c1ccc(Cl)cc1. The summed E-state index contributed by atoms with van der Waals surface area (Å²) >= 11 is 5.75. The van der Waals surface area contributed by atoms with Crippen LogP contribution in [0.15, 0.2) is 30.6 Å². The Morgan fingerprint density at radius 1 is 1.33 bits per heavy atom. The van der Waals surface area contributed by atoms with E-state index in [9.17, 15) is 9.59 Å². The van der Waals surface area contributed by atoms with Crippen LogP contribution in [0.25, 0.3) is 0 Å². The van der Waals surface area contributed by atoms with E-state index in [2.05, 4.69) is 20.5 Å². The first-order chi connectivity index (χ1) is 10.1. The molecule has 2 rings (SSSR count). The van der Waals surface area contributed by atoms with Gasteiger partial charge in [-0.15, -0.1) is 0 Å². The smallest absolute Gasteiger partial charge is 0.251 e. The topological polar surface area (TPSA) is 91.0 Å². The zero-order chi connectivity index (χ0) is 15.2. The number of carbonyl (C=O) groups is 2. The van der Waals surface area contributed by atoms with Crippen LogP contribution in [0.5, 0.6) is 0 Å². The molecule has 7 nitrogen and oxygen atoms in total. The number of nitrogens with one attached hydrogen (secondary N) is 2. The Balaban J connectivity index is 1.83. The number of carbonyl (C=O) groups excluding carboxylic acids is 2. The minimum atomic E-state index is -0.326. The highest BCUT2D eigenvalue weighted by atomic mass is 35.5. The van der Waals surface area contributed by atoms with Gasteiger partial charge in [-0.25, -0.2) is 4.98 Å². The summed E-state index contributed by atoms with van der Waals surface area (Å²) in [5.74, 6) is 0.0247. The average Bonchev–Trinajstić information content (AvgIpc) is 2.98. The minimum Gasteiger partial charge on any atom is -0.343 e. The molecule has 1 heterocycles. The molecule has 0 saturated heterocycles. The third-order valence-electron chi connectivity index (χ3n) is 2.78. The van der Waals surface area contributed by atoms with Crippen molar-refractivity contribution in [2.45, 2.75) is 6.54 Å². The molecule has 0 unspecified atom stereocenters. The number of aromatic nitrogens is 3. The summed E-state index contributed by atoms with van der Waals surface area (Å²) in [6, 6.07) is 6.43. The number of aromatic amines is 1. The monoisotopic (exact) mass is 307 g/mol. The lowest BCUT2D eigenvalue weighted by molar-refractivity contribution is -0.129. The third kappa shape index (κ3) is 4.28.